The van der Waals surface area contributed by atoms with Crippen LogP contribution >= 0.6 is 0 Å². The summed E-state index contributed by atoms with van der Waals surface area (Å²) in [7, 11) is 0. The molecule has 0 saturated heterocycles. The largest absolute Gasteiger partial charge is 0.356 e. The van der Waals surface area contributed by atoms with Crippen LogP contribution in [0.3, 0.4) is 0 Å². The maximum Gasteiger partial charge on any atom is 0.101 e. The molecule has 1 unspecified atom stereocenters. The highest BCUT2D eigenvalue weighted by atomic mass is 15.4. The second-order valence-electron chi connectivity index (χ2n) is 11.8. The first-order valence-corrected chi connectivity index (χ1v) is 17.0. The highest BCUT2D eigenvalue weighted by Gasteiger charge is 2.23. The van der Waals surface area contributed by atoms with Gasteiger partial charge in [-0.05, 0) is 26.2 Å². The van der Waals surface area contributed by atoms with Crippen molar-refractivity contribution in [1.29, 1.82) is 0 Å². The Morgan fingerprint density at radius 3 is 1.11 bits per heavy atom. The van der Waals surface area contributed by atoms with Crippen LogP contribution in [0, 0.1) is 0 Å². The van der Waals surface area contributed by atoms with Crippen molar-refractivity contribution in [2.45, 2.75) is 194 Å². The normalized spacial score (nSPS) is 15.5. The topological polar surface area (TPSA) is 6.48 Å². The SMILES string of the molecule is CCCCCCCCCCCCCCCCCCC1N(CC)C=CN1CCCCCCCCCCC. The lowest BCUT2D eigenvalue weighted by Gasteiger charge is -2.32. The average molecular weight is 505 g/mol. The molecule has 0 aromatic rings. The van der Waals surface area contributed by atoms with Gasteiger partial charge in [0.05, 0.1) is 0 Å². The van der Waals surface area contributed by atoms with Crippen molar-refractivity contribution in [3.63, 3.8) is 0 Å². The summed E-state index contributed by atoms with van der Waals surface area (Å²) >= 11 is 0. The number of hydrogen-bond acceptors (Lipinski definition) is 2. The van der Waals surface area contributed by atoms with Gasteiger partial charge in [-0.2, -0.15) is 0 Å². The van der Waals surface area contributed by atoms with Gasteiger partial charge in [-0.3, -0.25) is 0 Å². The van der Waals surface area contributed by atoms with Crippen LogP contribution in [0.15, 0.2) is 12.4 Å². The van der Waals surface area contributed by atoms with Crippen LogP contribution in [0.5, 0.6) is 0 Å². The highest BCUT2D eigenvalue weighted by Crippen LogP contribution is 2.23. The fraction of sp³-hybridized carbons (Fsp3) is 0.941. The smallest absolute Gasteiger partial charge is 0.101 e. The van der Waals surface area contributed by atoms with Crippen molar-refractivity contribution >= 4 is 0 Å². The van der Waals surface area contributed by atoms with Gasteiger partial charge in [-0.1, -0.05) is 162 Å². The van der Waals surface area contributed by atoms with E-state index in [4.69, 9.17) is 0 Å². The molecule has 0 N–H and O–H groups in total. The fourth-order valence-electron chi connectivity index (χ4n) is 5.91. The molecule has 214 valence electrons. The Morgan fingerprint density at radius 2 is 0.722 bits per heavy atom. The van der Waals surface area contributed by atoms with Crippen molar-refractivity contribution in [2.24, 2.45) is 0 Å². The van der Waals surface area contributed by atoms with Crippen LogP contribution in [0.4, 0.5) is 0 Å². The third kappa shape index (κ3) is 18.6. The summed E-state index contributed by atoms with van der Waals surface area (Å²) in [6.07, 6.45) is 42.8. The average Bonchev–Trinajstić information content (AvgIpc) is 3.29. The van der Waals surface area contributed by atoms with Crippen molar-refractivity contribution in [2.75, 3.05) is 13.1 Å². The van der Waals surface area contributed by atoms with Gasteiger partial charge in [-0.15, -0.1) is 0 Å². The van der Waals surface area contributed by atoms with E-state index in [2.05, 4.69) is 43.0 Å². The Hall–Kier alpha value is -0.660. The molecule has 1 aliphatic rings. The van der Waals surface area contributed by atoms with Crippen LogP contribution in [-0.4, -0.2) is 29.1 Å². The summed E-state index contributed by atoms with van der Waals surface area (Å²) in [5.41, 5.74) is 0. The number of nitrogens with zero attached hydrogens (tertiary/aromatic N) is 2. The molecule has 0 aromatic heterocycles. The van der Waals surface area contributed by atoms with E-state index in [9.17, 15) is 0 Å². The Morgan fingerprint density at radius 1 is 0.389 bits per heavy atom. The second-order valence-corrected chi connectivity index (χ2v) is 11.8. The van der Waals surface area contributed by atoms with Crippen molar-refractivity contribution < 1.29 is 0 Å². The second kappa shape index (κ2) is 26.0. The molecular weight excluding hydrogens is 436 g/mol. The maximum absolute atomic E-state index is 2.65. The van der Waals surface area contributed by atoms with E-state index in [0.29, 0.717) is 6.17 Å². The zero-order chi connectivity index (χ0) is 25.9. The fourth-order valence-corrected chi connectivity index (χ4v) is 5.91. The summed E-state index contributed by atoms with van der Waals surface area (Å²) in [4.78, 5) is 5.22. The van der Waals surface area contributed by atoms with Crippen molar-refractivity contribution in [1.82, 2.24) is 9.80 Å². The summed E-state index contributed by atoms with van der Waals surface area (Å²) < 4.78 is 0. The molecule has 0 bridgehead atoms. The van der Waals surface area contributed by atoms with E-state index in [1.807, 2.05) is 0 Å². The minimum Gasteiger partial charge on any atom is -0.356 e. The van der Waals surface area contributed by atoms with E-state index < -0.39 is 0 Å². The first-order chi connectivity index (χ1) is 17.8. The van der Waals surface area contributed by atoms with Gasteiger partial charge in [0, 0.05) is 25.5 Å². The molecular formula is C34H68N2. The molecule has 1 rings (SSSR count). The quantitative estimate of drug-likeness (QED) is 0.0977. The highest BCUT2D eigenvalue weighted by molar-refractivity contribution is 4.96. The molecule has 0 radical (unpaired) electrons. The van der Waals surface area contributed by atoms with Crippen molar-refractivity contribution in [3.05, 3.63) is 12.4 Å². The van der Waals surface area contributed by atoms with Gasteiger partial charge in [-0.25, -0.2) is 0 Å². The molecule has 0 amide bonds. The minimum atomic E-state index is 0.635. The molecule has 0 fully saturated rings. The lowest BCUT2D eigenvalue weighted by Crippen LogP contribution is -2.38. The molecule has 2 nitrogen and oxygen atoms in total. The summed E-state index contributed by atoms with van der Waals surface area (Å²) in [6, 6.07) is 0. The lowest BCUT2D eigenvalue weighted by molar-refractivity contribution is 0.142. The Bertz CT molecular complexity index is 460. The molecule has 2 heteroatoms. The van der Waals surface area contributed by atoms with E-state index in [-0.39, 0.29) is 0 Å². The van der Waals surface area contributed by atoms with Gasteiger partial charge < -0.3 is 9.80 Å². The molecule has 1 atom stereocenters. The number of hydrogen-bond donors (Lipinski definition) is 0. The van der Waals surface area contributed by atoms with Crippen LogP contribution in [0.1, 0.15) is 188 Å². The Balaban J connectivity index is 1.94. The van der Waals surface area contributed by atoms with Gasteiger partial charge in [0.1, 0.15) is 6.17 Å². The van der Waals surface area contributed by atoms with Crippen LogP contribution in [0.25, 0.3) is 0 Å². The molecule has 0 aromatic carbocycles. The first kappa shape index (κ1) is 33.4. The van der Waals surface area contributed by atoms with E-state index in [1.165, 1.54) is 173 Å². The minimum absolute atomic E-state index is 0.635. The molecule has 1 aliphatic heterocycles. The van der Waals surface area contributed by atoms with Gasteiger partial charge in [0.25, 0.3) is 0 Å². The molecule has 1 heterocycles. The number of rotatable bonds is 28. The van der Waals surface area contributed by atoms with E-state index >= 15 is 0 Å². The summed E-state index contributed by atoms with van der Waals surface area (Å²) in [5.74, 6) is 0. The lowest BCUT2D eigenvalue weighted by atomic mass is 10.0. The summed E-state index contributed by atoms with van der Waals surface area (Å²) in [5, 5.41) is 0. The van der Waals surface area contributed by atoms with Gasteiger partial charge in [0.2, 0.25) is 0 Å². The van der Waals surface area contributed by atoms with Crippen molar-refractivity contribution in [3.8, 4) is 0 Å². The molecule has 0 spiro atoms. The van der Waals surface area contributed by atoms with Crippen LogP contribution in [0.2, 0.25) is 0 Å². The molecule has 36 heavy (non-hydrogen) atoms. The zero-order valence-corrected chi connectivity index (χ0v) is 25.4. The third-order valence-corrected chi connectivity index (χ3v) is 8.42. The Kier molecular flexibility index (Phi) is 24.1. The first-order valence-electron chi connectivity index (χ1n) is 17.0. The zero-order valence-electron chi connectivity index (χ0n) is 25.4. The van der Waals surface area contributed by atoms with Crippen LogP contribution in [-0.2, 0) is 0 Å². The number of unbranched alkanes of at least 4 members (excludes halogenated alkanes) is 23. The van der Waals surface area contributed by atoms with E-state index in [0.717, 1.165) is 6.54 Å². The van der Waals surface area contributed by atoms with Gasteiger partial charge in [0.15, 0.2) is 0 Å². The monoisotopic (exact) mass is 505 g/mol. The van der Waals surface area contributed by atoms with Crippen LogP contribution < -0.4 is 0 Å². The predicted molar refractivity (Wildman–Crippen MR) is 163 cm³/mol. The van der Waals surface area contributed by atoms with Gasteiger partial charge >= 0.3 is 0 Å². The van der Waals surface area contributed by atoms with E-state index in [1.54, 1.807) is 0 Å². The maximum atomic E-state index is 2.65. The molecule has 0 aliphatic carbocycles. The third-order valence-electron chi connectivity index (χ3n) is 8.42. The standard InChI is InChI=1S/C34H68N2/c1-4-7-9-11-13-15-16-17-18-19-20-21-22-24-26-28-30-34-35(6-3)32-33-36(34)31-29-27-25-23-14-12-10-8-5-2/h32-34H,4-31H2,1-3H3. The predicted octanol–water partition coefficient (Wildman–Crippen LogP) is 11.6. The summed E-state index contributed by atoms with van der Waals surface area (Å²) in [6.45, 7) is 9.33. The Labute approximate surface area is 229 Å². The molecule has 0 saturated carbocycles.